The molecule has 2 N–H and O–H groups in total. The first-order chi connectivity index (χ1) is 8.09. The zero-order chi connectivity index (χ0) is 12.4. The van der Waals surface area contributed by atoms with Crippen LogP contribution in [-0.4, -0.2) is 40.6 Å². The zero-order valence-electron chi connectivity index (χ0n) is 9.66. The third-order valence-electron chi connectivity index (χ3n) is 2.15. The number of carbonyl (C=O) groups excluding carboxylic acids is 1. The topological polar surface area (TPSA) is 76.0 Å². The largest absolute Gasteiger partial charge is 0.369 e. The van der Waals surface area contributed by atoms with E-state index < -0.39 is 5.91 Å². The Balaban J connectivity index is 2.64. The van der Waals surface area contributed by atoms with E-state index in [2.05, 4.69) is 9.98 Å². The normalized spacial score (nSPS) is 11.2. The lowest BCUT2D eigenvalue weighted by molar-refractivity contribution is 0.0997. The van der Waals surface area contributed by atoms with E-state index in [0.29, 0.717) is 11.5 Å². The maximum Gasteiger partial charge on any atom is 0.271 e. The van der Waals surface area contributed by atoms with Crippen molar-refractivity contribution >= 4 is 23.7 Å². The lowest BCUT2D eigenvalue weighted by atomic mass is 10.4. The van der Waals surface area contributed by atoms with E-state index in [0.717, 1.165) is 0 Å². The standard InChI is InChI=1S/C11H13N5O/c1-15(2)7-13-11-9(10(12)17)14-8-5-3-4-6-16(8)11/h3-7H,1-2H3,(H2,12,17)/b13-7+. The molecule has 0 spiro atoms. The third-order valence-corrected chi connectivity index (χ3v) is 2.15. The minimum Gasteiger partial charge on any atom is -0.369 e. The predicted octanol–water partition coefficient (Wildman–Crippen LogP) is 0.655. The second kappa shape index (κ2) is 4.25. The predicted molar refractivity (Wildman–Crippen MR) is 65.5 cm³/mol. The molecule has 2 aromatic heterocycles. The number of aromatic nitrogens is 2. The first-order valence-corrected chi connectivity index (χ1v) is 5.07. The maximum absolute atomic E-state index is 11.3. The van der Waals surface area contributed by atoms with Gasteiger partial charge in [0.1, 0.15) is 5.65 Å². The van der Waals surface area contributed by atoms with Crippen molar-refractivity contribution in [2.75, 3.05) is 14.1 Å². The molecular formula is C11H13N5O. The number of primary amides is 1. The fraction of sp³-hybridized carbons (Fsp3) is 0.182. The van der Waals surface area contributed by atoms with Crippen molar-refractivity contribution in [1.82, 2.24) is 14.3 Å². The first kappa shape index (κ1) is 11.1. The molecule has 0 saturated heterocycles. The summed E-state index contributed by atoms with van der Waals surface area (Å²) in [5.74, 6) is -0.138. The molecule has 0 unspecified atom stereocenters. The molecule has 2 rings (SSSR count). The number of nitrogens with zero attached hydrogens (tertiary/aromatic N) is 4. The Labute approximate surface area is 98.4 Å². The fourth-order valence-electron chi connectivity index (χ4n) is 1.44. The monoisotopic (exact) mass is 231 g/mol. The van der Waals surface area contributed by atoms with Crippen molar-refractivity contribution in [2.24, 2.45) is 10.7 Å². The van der Waals surface area contributed by atoms with Gasteiger partial charge in [0, 0.05) is 20.3 Å². The van der Waals surface area contributed by atoms with Crippen molar-refractivity contribution in [3.63, 3.8) is 0 Å². The number of hydrogen-bond acceptors (Lipinski definition) is 3. The molecule has 88 valence electrons. The van der Waals surface area contributed by atoms with Crippen molar-refractivity contribution < 1.29 is 4.79 Å². The summed E-state index contributed by atoms with van der Waals surface area (Å²) in [6.45, 7) is 0. The summed E-state index contributed by atoms with van der Waals surface area (Å²) in [5, 5.41) is 0. The summed E-state index contributed by atoms with van der Waals surface area (Å²) in [7, 11) is 3.69. The van der Waals surface area contributed by atoms with E-state index in [1.165, 1.54) is 0 Å². The van der Waals surface area contributed by atoms with E-state index in [1.54, 1.807) is 27.9 Å². The molecule has 0 atom stereocenters. The van der Waals surface area contributed by atoms with Crippen molar-refractivity contribution in [2.45, 2.75) is 0 Å². The highest BCUT2D eigenvalue weighted by Crippen LogP contribution is 2.20. The highest BCUT2D eigenvalue weighted by molar-refractivity contribution is 5.96. The number of amides is 1. The van der Waals surface area contributed by atoms with Gasteiger partial charge >= 0.3 is 0 Å². The second-order valence-electron chi connectivity index (χ2n) is 3.79. The van der Waals surface area contributed by atoms with Gasteiger partial charge in [-0.3, -0.25) is 9.20 Å². The van der Waals surface area contributed by atoms with E-state index >= 15 is 0 Å². The van der Waals surface area contributed by atoms with Crippen LogP contribution in [0.5, 0.6) is 0 Å². The van der Waals surface area contributed by atoms with Crippen molar-refractivity contribution in [3.8, 4) is 0 Å². The van der Waals surface area contributed by atoms with E-state index in [4.69, 9.17) is 5.73 Å². The van der Waals surface area contributed by atoms with Crippen LogP contribution in [0, 0.1) is 0 Å². The second-order valence-corrected chi connectivity index (χ2v) is 3.79. The molecule has 1 amide bonds. The van der Waals surface area contributed by atoms with Crippen LogP contribution in [0.3, 0.4) is 0 Å². The summed E-state index contributed by atoms with van der Waals surface area (Å²) in [5.41, 5.74) is 6.10. The lowest BCUT2D eigenvalue weighted by Crippen LogP contribution is -2.12. The highest BCUT2D eigenvalue weighted by atomic mass is 16.1. The smallest absolute Gasteiger partial charge is 0.271 e. The molecule has 2 heterocycles. The van der Waals surface area contributed by atoms with Gasteiger partial charge in [0.05, 0.1) is 6.34 Å². The van der Waals surface area contributed by atoms with Gasteiger partial charge in [-0.25, -0.2) is 9.98 Å². The van der Waals surface area contributed by atoms with Crippen molar-refractivity contribution in [3.05, 3.63) is 30.1 Å². The average molecular weight is 231 g/mol. The Kier molecular flexibility index (Phi) is 2.78. The van der Waals surface area contributed by atoms with Crippen LogP contribution in [-0.2, 0) is 0 Å². The summed E-state index contributed by atoms with van der Waals surface area (Å²) in [4.78, 5) is 21.4. The molecule has 0 saturated carbocycles. The van der Waals surface area contributed by atoms with Gasteiger partial charge in [-0.1, -0.05) is 6.07 Å². The lowest BCUT2D eigenvalue weighted by Gasteiger charge is -2.02. The van der Waals surface area contributed by atoms with Crippen LogP contribution < -0.4 is 5.73 Å². The van der Waals surface area contributed by atoms with Crippen LogP contribution in [0.2, 0.25) is 0 Å². The number of imidazole rings is 1. The van der Waals surface area contributed by atoms with Gasteiger partial charge in [0.2, 0.25) is 0 Å². The van der Waals surface area contributed by atoms with Gasteiger partial charge in [-0.2, -0.15) is 0 Å². The van der Waals surface area contributed by atoms with Crippen LogP contribution in [0.4, 0.5) is 5.82 Å². The number of hydrogen-bond donors (Lipinski definition) is 1. The van der Waals surface area contributed by atoms with Crippen LogP contribution in [0.15, 0.2) is 29.4 Å². The van der Waals surface area contributed by atoms with Gasteiger partial charge in [0.15, 0.2) is 11.5 Å². The zero-order valence-corrected chi connectivity index (χ0v) is 9.66. The molecular weight excluding hydrogens is 218 g/mol. The molecule has 0 aliphatic heterocycles. The maximum atomic E-state index is 11.3. The Morgan fingerprint density at radius 2 is 2.29 bits per heavy atom. The van der Waals surface area contributed by atoms with Gasteiger partial charge < -0.3 is 10.6 Å². The van der Waals surface area contributed by atoms with Crippen molar-refractivity contribution in [1.29, 1.82) is 0 Å². The number of fused-ring (bicyclic) bond motifs is 1. The van der Waals surface area contributed by atoms with Crippen LogP contribution >= 0.6 is 0 Å². The summed E-state index contributed by atoms with van der Waals surface area (Å²) < 4.78 is 1.72. The molecule has 17 heavy (non-hydrogen) atoms. The first-order valence-electron chi connectivity index (χ1n) is 5.07. The molecule has 0 bridgehead atoms. The molecule has 2 aromatic rings. The minimum absolute atomic E-state index is 0.175. The number of nitrogens with two attached hydrogens (primary N) is 1. The Morgan fingerprint density at radius 1 is 1.53 bits per heavy atom. The molecule has 0 aliphatic carbocycles. The van der Waals surface area contributed by atoms with Gasteiger partial charge in [-0.15, -0.1) is 0 Å². The summed E-state index contributed by atoms with van der Waals surface area (Å²) in [6.07, 6.45) is 3.39. The number of pyridine rings is 1. The van der Waals surface area contributed by atoms with Gasteiger partial charge in [-0.05, 0) is 12.1 Å². The summed E-state index contributed by atoms with van der Waals surface area (Å²) >= 11 is 0. The molecule has 6 heteroatoms. The fourth-order valence-corrected chi connectivity index (χ4v) is 1.44. The van der Waals surface area contributed by atoms with E-state index in [-0.39, 0.29) is 5.69 Å². The van der Waals surface area contributed by atoms with E-state index in [1.807, 2.05) is 26.2 Å². The number of aliphatic imine (C=N–C) groups is 1. The molecule has 6 nitrogen and oxygen atoms in total. The SMILES string of the molecule is CN(C)/C=N/c1c(C(N)=O)nc2ccccn12. The summed E-state index contributed by atoms with van der Waals surface area (Å²) in [6, 6.07) is 5.47. The molecule has 0 fully saturated rings. The Morgan fingerprint density at radius 3 is 2.94 bits per heavy atom. The van der Waals surface area contributed by atoms with E-state index in [9.17, 15) is 4.79 Å². The third kappa shape index (κ3) is 2.10. The van der Waals surface area contributed by atoms with Crippen LogP contribution in [0.25, 0.3) is 5.65 Å². The average Bonchev–Trinajstić information content (AvgIpc) is 2.65. The number of rotatable bonds is 3. The quantitative estimate of drug-likeness (QED) is 0.622. The Hall–Kier alpha value is -2.37. The molecule has 0 aliphatic rings. The van der Waals surface area contributed by atoms with Crippen LogP contribution in [0.1, 0.15) is 10.5 Å². The molecule has 0 radical (unpaired) electrons. The van der Waals surface area contributed by atoms with Gasteiger partial charge in [0.25, 0.3) is 5.91 Å². The Bertz CT molecular complexity index is 585. The number of carbonyl (C=O) groups is 1. The highest BCUT2D eigenvalue weighted by Gasteiger charge is 2.15. The minimum atomic E-state index is -0.584. The molecule has 0 aromatic carbocycles.